The van der Waals surface area contributed by atoms with E-state index in [1.54, 1.807) is 4.90 Å². The molecule has 20 heavy (non-hydrogen) atoms. The van der Waals surface area contributed by atoms with Crippen LogP contribution in [-0.2, 0) is 0 Å². The molecule has 0 aliphatic carbocycles. The molecule has 6 nitrogen and oxygen atoms in total. The van der Waals surface area contributed by atoms with Crippen LogP contribution in [0.25, 0.3) is 0 Å². The Morgan fingerprint density at radius 1 is 1.55 bits per heavy atom. The first-order valence-electron chi connectivity index (χ1n) is 6.77. The number of nitrogens with zero attached hydrogens (tertiary/aromatic N) is 2. The van der Waals surface area contributed by atoms with Gasteiger partial charge in [0.1, 0.15) is 4.88 Å². The SMILES string of the molecule is Cc1nc(C(C)C)sc1C(=O)NCCN1CCNC1=O. The maximum absolute atomic E-state index is 12.1. The van der Waals surface area contributed by atoms with Gasteiger partial charge in [-0.1, -0.05) is 13.8 Å². The Morgan fingerprint density at radius 2 is 2.30 bits per heavy atom. The molecular weight excluding hydrogens is 276 g/mol. The highest BCUT2D eigenvalue weighted by molar-refractivity contribution is 7.13. The van der Waals surface area contributed by atoms with E-state index in [4.69, 9.17) is 0 Å². The minimum atomic E-state index is -0.105. The Bertz CT molecular complexity index is 512. The number of nitrogens with one attached hydrogen (secondary N) is 2. The van der Waals surface area contributed by atoms with Crippen molar-refractivity contribution in [3.8, 4) is 0 Å². The summed E-state index contributed by atoms with van der Waals surface area (Å²) >= 11 is 1.44. The molecule has 0 unspecified atom stereocenters. The molecule has 7 heteroatoms. The molecular formula is C13H20N4O2S. The zero-order valence-electron chi connectivity index (χ0n) is 12.0. The number of aryl methyl sites for hydroxylation is 1. The molecule has 3 amide bonds. The van der Waals surface area contributed by atoms with E-state index in [0.29, 0.717) is 37.0 Å². The second kappa shape index (κ2) is 6.21. The van der Waals surface area contributed by atoms with Crippen molar-refractivity contribution in [2.45, 2.75) is 26.7 Å². The normalized spacial score (nSPS) is 14.8. The third-order valence-electron chi connectivity index (χ3n) is 3.13. The summed E-state index contributed by atoms with van der Waals surface area (Å²) < 4.78 is 0. The molecule has 0 saturated carbocycles. The topological polar surface area (TPSA) is 74.3 Å². The van der Waals surface area contributed by atoms with Gasteiger partial charge in [-0.2, -0.15) is 0 Å². The molecule has 0 radical (unpaired) electrons. The third-order valence-corrected chi connectivity index (χ3v) is 4.58. The Kier molecular flexibility index (Phi) is 4.59. The average molecular weight is 296 g/mol. The predicted molar refractivity (Wildman–Crippen MR) is 78.2 cm³/mol. The summed E-state index contributed by atoms with van der Waals surface area (Å²) in [6.07, 6.45) is 0. The van der Waals surface area contributed by atoms with E-state index in [0.717, 1.165) is 10.7 Å². The highest BCUT2D eigenvalue weighted by Crippen LogP contribution is 2.24. The fourth-order valence-corrected chi connectivity index (χ4v) is 2.97. The average Bonchev–Trinajstić information content (AvgIpc) is 2.96. The summed E-state index contributed by atoms with van der Waals surface area (Å²) in [5, 5.41) is 6.56. The molecule has 1 aliphatic rings. The second-order valence-corrected chi connectivity index (χ2v) is 6.13. The Hall–Kier alpha value is -1.63. The van der Waals surface area contributed by atoms with Crippen molar-refractivity contribution in [2.24, 2.45) is 0 Å². The minimum Gasteiger partial charge on any atom is -0.350 e. The molecule has 2 heterocycles. The van der Waals surface area contributed by atoms with E-state index in [1.165, 1.54) is 11.3 Å². The van der Waals surface area contributed by atoms with Gasteiger partial charge in [-0.15, -0.1) is 11.3 Å². The van der Waals surface area contributed by atoms with Gasteiger partial charge >= 0.3 is 6.03 Å². The molecule has 1 saturated heterocycles. The number of carbonyl (C=O) groups is 2. The van der Waals surface area contributed by atoms with Crippen LogP contribution >= 0.6 is 11.3 Å². The Morgan fingerprint density at radius 3 is 2.85 bits per heavy atom. The molecule has 1 aliphatic heterocycles. The molecule has 2 N–H and O–H groups in total. The van der Waals surface area contributed by atoms with Crippen molar-refractivity contribution in [3.63, 3.8) is 0 Å². The largest absolute Gasteiger partial charge is 0.350 e. The van der Waals surface area contributed by atoms with Gasteiger partial charge in [0.05, 0.1) is 10.7 Å². The maximum atomic E-state index is 12.1. The number of rotatable bonds is 5. The quantitative estimate of drug-likeness (QED) is 0.861. The Labute approximate surface area is 122 Å². The minimum absolute atomic E-state index is 0.0599. The first-order valence-corrected chi connectivity index (χ1v) is 7.59. The van der Waals surface area contributed by atoms with Crippen LogP contribution in [0.15, 0.2) is 0 Å². The van der Waals surface area contributed by atoms with Crippen LogP contribution in [0.2, 0.25) is 0 Å². The molecule has 0 aromatic carbocycles. The molecule has 0 atom stereocenters. The first-order chi connectivity index (χ1) is 9.49. The summed E-state index contributed by atoms with van der Waals surface area (Å²) in [6, 6.07) is -0.0599. The number of hydrogen-bond donors (Lipinski definition) is 2. The summed E-state index contributed by atoms with van der Waals surface area (Å²) in [5.74, 6) is 0.222. The van der Waals surface area contributed by atoms with E-state index in [2.05, 4.69) is 29.5 Å². The monoisotopic (exact) mass is 296 g/mol. The molecule has 2 rings (SSSR count). The van der Waals surface area contributed by atoms with Gasteiger partial charge in [-0.05, 0) is 6.92 Å². The summed E-state index contributed by atoms with van der Waals surface area (Å²) in [5.41, 5.74) is 0.773. The zero-order chi connectivity index (χ0) is 14.7. The standard InChI is InChI=1S/C13H20N4O2S/c1-8(2)12-16-9(3)10(20-12)11(18)14-4-6-17-7-5-15-13(17)19/h8H,4-7H2,1-3H3,(H,14,18)(H,15,19). The lowest BCUT2D eigenvalue weighted by atomic mass is 10.2. The van der Waals surface area contributed by atoms with E-state index < -0.39 is 0 Å². The van der Waals surface area contributed by atoms with Gasteiger partial charge in [0.15, 0.2) is 0 Å². The molecule has 0 bridgehead atoms. The number of hydrogen-bond acceptors (Lipinski definition) is 4. The van der Waals surface area contributed by atoms with Crippen molar-refractivity contribution in [1.82, 2.24) is 20.5 Å². The van der Waals surface area contributed by atoms with Gasteiger partial charge in [-0.3, -0.25) is 4.79 Å². The van der Waals surface area contributed by atoms with E-state index in [1.807, 2.05) is 6.92 Å². The van der Waals surface area contributed by atoms with E-state index in [-0.39, 0.29) is 11.9 Å². The van der Waals surface area contributed by atoms with Gasteiger partial charge in [0.2, 0.25) is 0 Å². The van der Waals surface area contributed by atoms with Crippen LogP contribution in [0.5, 0.6) is 0 Å². The van der Waals surface area contributed by atoms with E-state index >= 15 is 0 Å². The van der Waals surface area contributed by atoms with Crippen LogP contribution in [0.1, 0.15) is 40.1 Å². The number of amides is 3. The molecule has 1 aromatic rings. The van der Waals surface area contributed by atoms with Crippen molar-refractivity contribution in [1.29, 1.82) is 0 Å². The summed E-state index contributed by atoms with van der Waals surface area (Å²) in [4.78, 5) is 30.2. The van der Waals surface area contributed by atoms with Crippen molar-refractivity contribution in [2.75, 3.05) is 26.2 Å². The number of thiazole rings is 1. The maximum Gasteiger partial charge on any atom is 0.317 e. The molecule has 1 fully saturated rings. The summed E-state index contributed by atoms with van der Waals surface area (Å²) in [7, 11) is 0. The zero-order valence-corrected chi connectivity index (χ0v) is 12.8. The summed E-state index contributed by atoms with van der Waals surface area (Å²) in [6.45, 7) is 8.35. The predicted octanol–water partition coefficient (Wildman–Crippen LogP) is 1.33. The first kappa shape index (κ1) is 14.8. The number of carbonyl (C=O) groups excluding carboxylic acids is 2. The fourth-order valence-electron chi connectivity index (χ4n) is 1.98. The van der Waals surface area contributed by atoms with Gasteiger partial charge in [0.25, 0.3) is 5.91 Å². The smallest absolute Gasteiger partial charge is 0.317 e. The molecule has 0 spiro atoms. The van der Waals surface area contributed by atoms with Crippen molar-refractivity contribution >= 4 is 23.3 Å². The van der Waals surface area contributed by atoms with Gasteiger partial charge in [0, 0.05) is 32.1 Å². The van der Waals surface area contributed by atoms with Crippen LogP contribution in [0, 0.1) is 6.92 Å². The lowest BCUT2D eigenvalue weighted by Crippen LogP contribution is -2.36. The van der Waals surface area contributed by atoms with Crippen LogP contribution in [-0.4, -0.2) is 48.0 Å². The van der Waals surface area contributed by atoms with Gasteiger partial charge < -0.3 is 15.5 Å². The highest BCUT2D eigenvalue weighted by atomic mass is 32.1. The third kappa shape index (κ3) is 3.27. The molecule has 1 aromatic heterocycles. The number of urea groups is 1. The lowest BCUT2D eigenvalue weighted by molar-refractivity contribution is 0.0953. The second-order valence-electron chi connectivity index (χ2n) is 5.10. The highest BCUT2D eigenvalue weighted by Gasteiger charge is 2.20. The van der Waals surface area contributed by atoms with E-state index in [9.17, 15) is 9.59 Å². The van der Waals surface area contributed by atoms with Gasteiger partial charge in [-0.25, -0.2) is 9.78 Å². The number of aromatic nitrogens is 1. The van der Waals surface area contributed by atoms with Crippen LogP contribution in [0.4, 0.5) is 4.79 Å². The fraction of sp³-hybridized carbons (Fsp3) is 0.615. The van der Waals surface area contributed by atoms with Crippen molar-refractivity contribution in [3.05, 3.63) is 15.6 Å². The van der Waals surface area contributed by atoms with Crippen LogP contribution < -0.4 is 10.6 Å². The van der Waals surface area contributed by atoms with Crippen molar-refractivity contribution < 1.29 is 9.59 Å². The Balaban J connectivity index is 1.87. The lowest BCUT2D eigenvalue weighted by Gasteiger charge is -2.13. The van der Waals surface area contributed by atoms with Crippen LogP contribution in [0.3, 0.4) is 0 Å². The molecule has 110 valence electrons.